The topological polar surface area (TPSA) is 24.7 Å². The summed E-state index contributed by atoms with van der Waals surface area (Å²) in [6, 6.07) is 4.06. The Balaban J connectivity index is 2.53. The van der Waals surface area contributed by atoms with Gasteiger partial charge in [-0.25, -0.2) is 0 Å². The highest BCUT2D eigenvalue weighted by atomic mass is 35.5. The van der Waals surface area contributed by atoms with Gasteiger partial charge in [0.2, 0.25) is 0 Å². The standard InChI is InChI=1S/C19H23ClN2/c1-10-8-11(2)19(16(7)12(10)3)22-21-18-9-17(20)14(5)13(4)15(18)6/h8-9H,1-7H3. The van der Waals surface area contributed by atoms with E-state index in [9.17, 15) is 0 Å². The third kappa shape index (κ3) is 2.93. The number of aryl methyl sites for hydroxylation is 2. The fraction of sp³-hybridized carbons (Fsp3) is 0.368. The number of nitrogens with zero attached hydrogens (tertiary/aromatic N) is 2. The summed E-state index contributed by atoms with van der Waals surface area (Å²) in [6.45, 7) is 14.6. The van der Waals surface area contributed by atoms with Crippen molar-refractivity contribution >= 4 is 23.0 Å². The highest BCUT2D eigenvalue weighted by molar-refractivity contribution is 6.31. The Hall–Kier alpha value is -1.67. The summed E-state index contributed by atoms with van der Waals surface area (Å²) in [5, 5.41) is 9.73. The second kappa shape index (κ2) is 6.21. The van der Waals surface area contributed by atoms with Crippen LogP contribution in [0.25, 0.3) is 0 Å². The zero-order chi connectivity index (χ0) is 16.6. The van der Waals surface area contributed by atoms with E-state index in [0.29, 0.717) is 0 Å². The normalized spacial score (nSPS) is 11.5. The van der Waals surface area contributed by atoms with Crippen molar-refractivity contribution in [3.05, 3.63) is 56.1 Å². The van der Waals surface area contributed by atoms with Gasteiger partial charge in [-0.15, -0.1) is 5.11 Å². The van der Waals surface area contributed by atoms with Crippen LogP contribution in [0, 0.1) is 48.5 Å². The second-order valence-electron chi connectivity index (χ2n) is 6.06. The van der Waals surface area contributed by atoms with Crippen LogP contribution < -0.4 is 0 Å². The molecule has 22 heavy (non-hydrogen) atoms. The zero-order valence-electron chi connectivity index (χ0n) is 14.4. The molecule has 2 rings (SSSR count). The van der Waals surface area contributed by atoms with Crippen molar-refractivity contribution in [1.82, 2.24) is 0 Å². The van der Waals surface area contributed by atoms with Gasteiger partial charge in [-0.05, 0) is 93.5 Å². The first-order valence-electron chi connectivity index (χ1n) is 7.49. The SMILES string of the molecule is Cc1cc(C)c(N=Nc2cc(Cl)c(C)c(C)c2C)c(C)c1C. The van der Waals surface area contributed by atoms with Crippen molar-refractivity contribution in [2.75, 3.05) is 0 Å². The predicted octanol–water partition coefficient (Wildman–Crippen LogP) is 6.91. The predicted molar refractivity (Wildman–Crippen MR) is 95.2 cm³/mol. The first kappa shape index (κ1) is 16.7. The van der Waals surface area contributed by atoms with Crippen LogP contribution in [-0.4, -0.2) is 0 Å². The molecule has 0 spiro atoms. The van der Waals surface area contributed by atoms with Crippen molar-refractivity contribution in [3.8, 4) is 0 Å². The second-order valence-corrected chi connectivity index (χ2v) is 6.47. The summed E-state index contributed by atoms with van der Waals surface area (Å²) in [7, 11) is 0. The van der Waals surface area contributed by atoms with Crippen LogP contribution in [0.2, 0.25) is 5.02 Å². The van der Waals surface area contributed by atoms with E-state index < -0.39 is 0 Å². The largest absolute Gasteiger partial charge is 0.150 e. The summed E-state index contributed by atoms with van der Waals surface area (Å²) >= 11 is 6.28. The zero-order valence-corrected chi connectivity index (χ0v) is 15.2. The minimum Gasteiger partial charge on any atom is -0.150 e. The maximum atomic E-state index is 6.28. The molecule has 2 nitrogen and oxygen atoms in total. The van der Waals surface area contributed by atoms with Gasteiger partial charge in [0.05, 0.1) is 11.4 Å². The van der Waals surface area contributed by atoms with Gasteiger partial charge in [0.25, 0.3) is 0 Å². The Kier molecular flexibility index (Phi) is 4.72. The van der Waals surface area contributed by atoms with E-state index in [4.69, 9.17) is 11.6 Å². The molecule has 0 N–H and O–H groups in total. The summed E-state index contributed by atoms with van der Waals surface area (Å²) in [5.41, 5.74) is 10.1. The number of halogens is 1. The smallest absolute Gasteiger partial charge is 0.0918 e. The molecule has 2 aromatic carbocycles. The molecule has 0 heterocycles. The van der Waals surface area contributed by atoms with Gasteiger partial charge in [0.15, 0.2) is 0 Å². The highest BCUT2D eigenvalue weighted by Crippen LogP contribution is 2.34. The van der Waals surface area contributed by atoms with E-state index in [0.717, 1.165) is 33.1 Å². The molecule has 0 saturated carbocycles. The molecular formula is C19H23ClN2. The molecule has 2 aromatic rings. The van der Waals surface area contributed by atoms with E-state index in [-0.39, 0.29) is 0 Å². The molecule has 0 aliphatic carbocycles. The van der Waals surface area contributed by atoms with Gasteiger partial charge in [-0.1, -0.05) is 17.7 Å². The van der Waals surface area contributed by atoms with Crippen molar-refractivity contribution < 1.29 is 0 Å². The molecular weight excluding hydrogens is 292 g/mol. The molecule has 0 amide bonds. The lowest BCUT2D eigenvalue weighted by Gasteiger charge is -2.12. The van der Waals surface area contributed by atoms with Crippen molar-refractivity contribution in [3.63, 3.8) is 0 Å². The first-order valence-corrected chi connectivity index (χ1v) is 7.87. The Morgan fingerprint density at radius 2 is 1.27 bits per heavy atom. The molecule has 0 fully saturated rings. The van der Waals surface area contributed by atoms with Crippen LogP contribution in [0.4, 0.5) is 11.4 Å². The summed E-state index contributed by atoms with van der Waals surface area (Å²) < 4.78 is 0. The van der Waals surface area contributed by atoms with Crippen molar-refractivity contribution in [2.24, 2.45) is 10.2 Å². The molecule has 3 heteroatoms. The van der Waals surface area contributed by atoms with Crippen molar-refractivity contribution in [1.29, 1.82) is 0 Å². The molecule has 0 aliphatic rings. The summed E-state index contributed by atoms with van der Waals surface area (Å²) in [5.74, 6) is 0. The number of hydrogen-bond acceptors (Lipinski definition) is 2. The van der Waals surface area contributed by atoms with Gasteiger partial charge >= 0.3 is 0 Å². The van der Waals surface area contributed by atoms with E-state index in [1.165, 1.54) is 22.3 Å². The third-order valence-corrected chi connectivity index (χ3v) is 5.10. The number of azo groups is 1. The molecule has 0 aromatic heterocycles. The molecule has 116 valence electrons. The van der Waals surface area contributed by atoms with E-state index in [1.807, 2.05) is 13.0 Å². The van der Waals surface area contributed by atoms with Crippen LogP contribution in [-0.2, 0) is 0 Å². The fourth-order valence-electron chi connectivity index (χ4n) is 2.62. The fourth-order valence-corrected chi connectivity index (χ4v) is 2.87. The van der Waals surface area contributed by atoms with Gasteiger partial charge in [0.1, 0.15) is 0 Å². The van der Waals surface area contributed by atoms with Crippen LogP contribution in [0.5, 0.6) is 0 Å². The van der Waals surface area contributed by atoms with E-state index in [1.54, 1.807) is 0 Å². The van der Waals surface area contributed by atoms with Crippen LogP contribution >= 0.6 is 11.6 Å². The highest BCUT2D eigenvalue weighted by Gasteiger charge is 2.10. The summed E-state index contributed by atoms with van der Waals surface area (Å²) in [6.07, 6.45) is 0. The van der Waals surface area contributed by atoms with Gasteiger partial charge in [-0.3, -0.25) is 0 Å². The molecule has 0 atom stereocenters. The lowest BCUT2D eigenvalue weighted by molar-refractivity contribution is 1.13. The van der Waals surface area contributed by atoms with Crippen LogP contribution in [0.3, 0.4) is 0 Å². The number of rotatable bonds is 2. The Labute approximate surface area is 138 Å². The number of hydrogen-bond donors (Lipinski definition) is 0. The molecule has 0 aliphatic heterocycles. The maximum Gasteiger partial charge on any atom is 0.0918 e. The van der Waals surface area contributed by atoms with E-state index in [2.05, 4.69) is 57.8 Å². The third-order valence-electron chi connectivity index (χ3n) is 4.70. The molecule has 0 radical (unpaired) electrons. The van der Waals surface area contributed by atoms with Crippen LogP contribution in [0.1, 0.15) is 38.9 Å². The lowest BCUT2D eigenvalue weighted by Crippen LogP contribution is -1.90. The van der Waals surface area contributed by atoms with Gasteiger partial charge < -0.3 is 0 Å². The van der Waals surface area contributed by atoms with E-state index >= 15 is 0 Å². The quantitative estimate of drug-likeness (QED) is 0.538. The lowest BCUT2D eigenvalue weighted by atomic mass is 9.99. The van der Waals surface area contributed by atoms with Gasteiger partial charge in [-0.2, -0.15) is 5.11 Å². The first-order chi connectivity index (χ1) is 10.2. The molecule has 0 unspecified atom stereocenters. The Morgan fingerprint density at radius 1 is 0.636 bits per heavy atom. The van der Waals surface area contributed by atoms with Crippen molar-refractivity contribution in [2.45, 2.75) is 48.5 Å². The maximum absolute atomic E-state index is 6.28. The van der Waals surface area contributed by atoms with Crippen LogP contribution in [0.15, 0.2) is 22.4 Å². The monoisotopic (exact) mass is 314 g/mol. The average molecular weight is 315 g/mol. The Morgan fingerprint density at radius 3 is 1.91 bits per heavy atom. The number of benzene rings is 2. The minimum absolute atomic E-state index is 0.741. The van der Waals surface area contributed by atoms with Gasteiger partial charge in [0, 0.05) is 5.02 Å². The molecule has 0 bridgehead atoms. The average Bonchev–Trinajstić information content (AvgIpc) is 2.47. The summed E-state index contributed by atoms with van der Waals surface area (Å²) in [4.78, 5) is 0. The molecule has 0 saturated heterocycles. The Bertz CT molecular complexity index is 774. The minimum atomic E-state index is 0.741.